The number of amides is 2. The maximum Gasteiger partial charge on any atom is 0.225 e. The second kappa shape index (κ2) is 5.30. The summed E-state index contributed by atoms with van der Waals surface area (Å²) in [4.78, 5) is 24.9. The summed E-state index contributed by atoms with van der Waals surface area (Å²) in [7, 11) is 0. The summed E-state index contributed by atoms with van der Waals surface area (Å²) in [6.07, 6.45) is -0.272. The minimum atomic E-state index is -0.553. The van der Waals surface area contributed by atoms with Crippen molar-refractivity contribution >= 4 is 11.8 Å². The highest BCUT2D eigenvalue weighted by Crippen LogP contribution is 2.19. The Morgan fingerprint density at radius 2 is 2.19 bits per heavy atom. The van der Waals surface area contributed by atoms with Gasteiger partial charge in [-0.25, -0.2) is 0 Å². The van der Waals surface area contributed by atoms with Crippen molar-refractivity contribution in [3.05, 3.63) is 0 Å². The van der Waals surface area contributed by atoms with Gasteiger partial charge in [-0.3, -0.25) is 9.59 Å². The molecular formula is C11H20N2O3. The summed E-state index contributed by atoms with van der Waals surface area (Å²) in [5.74, 6) is -0.377. The molecule has 1 fully saturated rings. The molecule has 16 heavy (non-hydrogen) atoms. The van der Waals surface area contributed by atoms with Crippen molar-refractivity contribution in [2.75, 3.05) is 13.1 Å². The molecule has 1 aliphatic heterocycles. The minimum absolute atomic E-state index is 0.0344. The van der Waals surface area contributed by atoms with Crippen LogP contribution in [0.4, 0.5) is 0 Å². The normalized spacial score (nSPS) is 22.7. The predicted octanol–water partition coefficient (Wildman–Crippen LogP) is -0.260. The monoisotopic (exact) mass is 228 g/mol. The van der Waals surface area contributed by atoms with Crippen molar-refractivity contribution in [3.8, 4) is 0 Å². The van der Waals surface area contributed by atoms with Crippen molar-refractivity contribution in [2.45, 2.75) is 39.3 Å². The van der Waals surface area contributed by atoms with Crippen LogP contribution in [0.5, 0.6) is 0 Å². The standard InChI is InChI=1S/C11H20N2O3/c1-7(2)13-6-9(4-10(13)15)11(16)12-5-8(3)14/h7-9,14H,4-6H2,1-3H3,(H,12,16)/t8-,9?/m0/s1. The van der Waals surface area contributed by atoms with Gasteiger partial charge >= 0.3 is 0 Å². The maximum absolute atomic E-state index is 11.7. The lowest BCUT2D eigenvalue weighted by Gasteiger charge is -2.20. The summed E-state index contributed by atoms with van der Waals surface area (Å²) < 4.78 is 0. The van der Waals surface area contributed by atoms with Gasteiger partial charge in [0.25, 0.3) is 0 Å². The number of aliphatic hydroxyl groups excluding tert-OH is 1. The summed E-state index contributed by atoms with van der Waals surface area (Å²) in [5.41, 5.74) is 0. The molecule has 5 heteroatoms. The number of carbonyl (C=O) groups excluding carboxylic acids is 2. The molecule has 0 aliphatic carbocycles. The number of aliphatic hydroxyl groups is 1. The average Bonchev–Trinajstić information content (AvgIpc) is 2.56. The molecule has 1 aliphatic rings. The van der Waals surface area contributed by atoms with Crippen LogP contribution in [-0.2, 0) is 9.59 Å². The molecule has 1 saturated heterocycles. The van der Waals surface area contributed by atoms with E-state index in [1.165, 1.54) is 0 Å². The van der Waals surface area contributed by atoms with E-state index in [0.717, 1.165) is 0 Å². The number of hydrogen-bond acceptors (Lipinski definition) is 3. The molecule has 2 amide bonds. The first-order valence-corrected chi connectivity index (χ1v) is 5.67. The Morgan fingerprint density at radius 1 is 1.56 bits per heavy atom. The fraction of sp³-hybridized carbons (Fsp3) is 0.818. The molecule has 92 valence electrons. The van der Waals surface area contributed by atoms with Crippen molar-refractivity contribution in [1.29, 1.82) is 0 Å². The Hall–Kier alpha value is -1.10. The van der Waals surface area contributed by atoms with Crippen molar-refractivity contribution in [3.63, 3.8) is 0 Å². The third kappa shape index (κ3) is 3.20. The van der Waals surface area contributed by atoms with E-state index < -0.39 is 6.10 Å². The third-order valence-corrected chi connectivity index (χ3v) is 2.72. The van der Waals surface area contributed by atoms with Gasteiger partial charge in [0.1, 0.15) is 0 Å². The Labute approximate surface area is 95.8 Å². The van der Waals surface area contributed by atoms with Crippen LogP contribution in [0, 0.1) is 5.92 Å². The van der Waals surface area contributed by atoms with Crippen LogP contribution < -0.4 is 5.32 Å². The Balaban J connectivity index is 2.45. The lowest BCUT2D eigenvalue weighted by molar-refractivity contribution is -0.130. The first-order valence-electron chi connectivity index (χ1n) is 5.67. The van der Waals surface area contributed by atoms with Crippen molar-refractivity contribution in [2.24, 2.45) is 5.92 Å². The smallest absolute Gasteiger partial charge is 0.225 e. The second-order valence-electron chi connectivity index (χ2n) is 4.64. The van der Waals surface area contributed by atoms with Crippen LogP contribution in [0.1, 0.15) is 27.2 Å². The topological polar surface area (TPSA) is 69.6 Å². The van der Waals surface area contributed by atoms with E-state index in [-0.39, 0.29) is 36.7 Å². The molecular weight excluding hydrogens is 208 g/mol. The summed E-state index contributed by atoms with van der Waals surface area (Å²) >= 11 is 0. The molecule has 0 saturated carbocycles. The molecule has 0 aromatic carbocycles. The minimum Gasteiger partial charge on any atom is -0.392 e. The Bertz CT molecular complexity index is 276. The van der Waals surface area contributed by atoms with Crippen LogP contribution >= 0.6 is 0 Å². The van der Waals surface area contributed by atoms with E-state index >= 15 is 0 Å². The highest BCUT2D eigenvalue weighted by atomic mass is 16.3. The van der Waals surface area contributed by atoms with Crippen molar-refractivity contribution in [1.82, 2.24) is 10.2 Å². The number of nitrogens with zero attached hydrogens (tertiary/aromatic N) is 1. The largest absolute Gasteiger partial charge is 0.392 e. The molecule has 0 radical (unpaired) electrons. The van der Waals surface area contributed by atoms with Crippen molar-refractivity contribution < 1.29 is 14.7 Å². The first kappa shape index (κ1) is 13.0. The third-order valence-electron chi connectivity index (χ3n) is 2.72. The van der Waals surface area contributed by atoms with Gasteiger partial charge in [0, 0.05) is 25.6 Å². The molecule has 2 atom stereocenters. The zero-order valence-corrected chi connectivity index (χ0v) is 10.1. The number of hydrogen-bond donors (Lipinski definition) is 2. The van der Waals surface area contributed by atoms with Gasteiger partial charge in [-0.15, -0.1) is 0 Å². The van der Waals surface area contributed by atoms with Crippen LogP contribution in [0.2, 0.25) is 0 Å². The fourth-order valence-electron chi connectivity index (χ4n) is 1.80. The molecule has 0 aromatic heterocycles. The zero-order chi connectivity index (χ0) is 12.3. The number of likely N-dealkylation sites (tertiary alicyclic amines) is 1. The van der Waals surface area contributed by atoms with E-state index in [1.54, 1.807) is 11.8 Å². The average molecular weight is 228 g/mol. The summed E-state index contributed by atoms with van der Waals surface area (Å²) in [6, 6.07) is 0.141. The van der Waals surface area contributed by atoms with E-state index in [4.69, 9.17) is 5.11 Å². The Kier molecular flexibility index (Phi) is 4.29. The SMILES string of the molecule is CC(C)N1CC(C(=O)NC[C@H](C)O)CC1=O. The molecule has 0 bridgehead atoms. The van der Waals surface area contributed by atoms with E-state index in [2.05, 4.69) is 5.32 Å². The van der Waals surface area contributed by atoms with Gasteiger partial charge in [0.05, 0.1) is 12.0 Å². The van der Waals surface area contributed by atoms with Crippen LogP contribution in [0.15, 0.2) is 0 Å². The zero-order valence-electron chi connectivity index (χ0n) is 10.1. The summed E-state index contributed by atoms with van der Waals surface area (Å²) in [5, 5.41) is 11.7. The first-order chi connectivity index (χ1) is 7.41. The van der Waals surface area contributed by atoms with E-state index in [9.17, 15) is 9.59 Å². The quantitative estimate of drug-likeness (QED) is 0.696. The molecule has 1 rings (SSSR count). The van der Waals surface area contributed by atoms with E-state index in [1.807, 2.05) is 13.8 Å². The number of carbonyl (C=O) groups is 2. The lowest BCUT2D eigenvalue weighted by atomic mass is 10.1. The molecule has 1 heterocycles. The van der Waals surface area contributed by atoms with E-state index in [0.29, 0.717) is 6.54 Å². The lowest BCUT2D eigenvalue weighted by Crippen LogP contribution is -2.37. The summed E-state index contributed by atoms with van der Waals surface area (Å²) in [6.45, 7) is 6.22. The highest BCUT2D eigenvalue weighted by molar-refractivity contribution is 5.89. The van der Waals surface area contributed by atoms with Crippen LogP contribution in [-0.4, -0.2) is 47.1 Å². The van der Waals surface area contributed by atoms with Gasteiger partial charge in [-0.1, -0.05) is 0 Å². The molecule has 2 N–H and O–H groups in total. The van der Waals surface area contributed by atoms with Gasteiger partial charge in [-0.2, -0.15) is 0 Å². The van der Waals surface area contributed by atoms with Gasteiger partial charge < -0.3 is 15.3 Å². The van der Waals surface area contributed by atoms with Gasteiger partial charge in [0.2, 0.25) is 11.8 Å². The molecule has 5 nitrogen and oxygen atoms in total. The van der Waals surface area contributed by atoms with Crippen LogP contribution in [0.25, 0.3) is 0 Å². The fourth-order valence-corrected chi connectivity index (χ4v) is 1.80. The molecule has 1 unspecified atom stereocenters. The number of rotatable bonds is 4. The molecule has 0 spiro atoms. The Morgan fingerprint density at radius 3 is 2.62 bits per heavy atom. The van der Waals surface area contributed by atoms with Crippen LogP contribution in [0.3, 0.4) is 0 Å². The molecule has 0 aromatic rings. The maximum atomic E-state index is 11.7. The van der Waals surface area contributed by atoms with Gasteiger partial charge in [0.15, 0.2) is 0 Å². The van der Waals surface area contributed by atoms with Gasteiger partial charge in [-0.05, 0) is 20.8 Å². The highest BCUT2D eigenvalue weighted by Gasteiger charge is 2.35. The number of nitrogens with one attached hydrogen (secondary N) is 1. The second-order valence-corrected chi connectivity index (χ2v) is 4.64. The predicted molar refractivity (Wildman–Crippen MR) is 59.6 cm³/mol.